The van der Waals surface area contributed by atoms with Crippen molar-refractivity contribution in [2.45, 2.75) is 38.0 Å². The number of halogens is 1. The molecular formula is C13H14ClN3O2. The summed E-state index contributed by atoms with van der Waals surface area (Å²) in [5.74, 6) is -0.427. The highest BCUT2D eigenvalue weighted by Gasteiger charge is 2.21. The zero-order valence-electron chi connectivity index (χ0n) is 10.3. The molecule has 2 aromatic rings. The molecule has 1 aliphatic carbocycles. The van der Waals surface area contributed by atoms with E-state index >= 15 is 0 Å². The van der Waals surface area contributed by atoms with E-state index in [2.05, 4.69) is 10.1 Å². The van der Waals surface area contributed by atoms with Crippen LogP contribution in [-0.2, 0) is 11.2 Å². The Morgan fingerprint density at radius 3 is 2.84 bits per heavy atom. The Kier molecular flexibility index (Phi) is 3.14. The molecule has 1 fully saturated rings. The highest BCUT2D eigenvalue weighted by molar-refractivity contribution is 6.29. The maximum absolute atomic E-state index is 10.7. The molecule has 0 atom stereocenters. The summed E-state index contributed by atoms with van der Waals surface area (Å²) in [6.45, 7) is 0. The third kappa shape index (κ3) is 2.42. The first kappa shape index (κ1) is 12.4. The second-order valence-electron chi connectivity index (χ2n) is 4.96. The van der Waals surface area contributed by atoms with Gasteiger partial charge in [-0.25, -0.2) is 9.50 Å². The Morgan fingerprint density at radius 2 is 2.16 bits per heavy atom. The Morgan fingerprint density at radius 1 is 1.42 bits per heavy atom. The van der Waals surface area contributed by atoms with Crippen LogP contribution in [0, 0.1) is 0 Å². The van der Waals surface area contributed by atoms with Crippen molar-refractivity contribution < 1.29 is 9.90 Å². The molecule has 1 aliphatic rings. The maximum atomic E-state index is 10.7. The summed E-state index contributed by atoms with van der Waals surface area (Å²) < 4.78 is 1.58. The van der Waals surface area contributed by atoms with E-state index in [0.717, 1.165) is 18.5 Å². The van der Waals surface area contributed by atoms with Gasteiger partial charge >= 0.3 is 5.97 Å². The average molecular weight is 280 g/mol. The van der Waals surface area contributed by atoms with E-state index in [4.69, 9.17) is 16.7 Å². The van der Waals surface area contributed by atoms with Gasteiger partial charge in [-0.3, -0.25) is 4.79 Å². The fraction of sp³-hybridized carbons (Fsp3) is 0.462. The standard InChI is InChI=1S/C13H14ClN3O2/c14-11-5-9(6-13(18)19)15-12-7-10(16-17(11)12)8-3-1-2-4-8/h5,7-8H,1-4,6H2,(H,18,19). The average Bonchev–Trinajstić information content (AvgIpc) is 2.95. The number of fused-ring (bicyclic) bond motifs is 1. The van der Waals surface area contributed by atoms with Gasteiger partial charge in [0.05, 0.1) is 17.8 Å². The van der Waals surface area contributed by atoms with Crippen molar-refractivity contribution in [2.75, 3.05) is 0 Å². The molecule has 0 bridgehead atoms. The number of hydrogen-bond donors (Lipinski definition) is 1. The Bertz CT molecular complexity index is 632. The molecule has 5 nitrogen and oxygen atoms in total. The summed E-state index contributed by atoms with van der Waals surface area (Å²) in [7, 11) is 0. The minimum Gasteiger partial charge on any atom is -0.481 e. The number of nitrogens with zero attached hydrogens (tertiary/aromatic N) is 3. The van der Waals surface area contributed by atoms with Crippen LogP contribution in [0.25, 0.3) is 5.65 Å². The molecule has 0 aliphatic heterocycles. The van der Waals surface area contributed by atoms with Crippen LogP contribution in [0.4, 0.5) is 0 Å². The van der Waals surface area contributed by atoms with Crippen LogP contribution in [0.15, 0.2) is 12.1 Å². The number of aliphatic carboxylic acids is 1. The van der Waals surface area contributed by atoms with E-state index in [9.17, 15) is 4.79 Å². The van der Waals surface area contributed by atoms with E-state index in [1.165, 1.54) is 12.8 Å². The second kappa shape index (κ2) is 4.81. The molecule has 6 heteroatoms. The van der Waals surface area contributed by atoms with Crippen molar-refractivity contribution >= 4 is 23.2 Å². The van der Waals surface area contributed by atoms with Gasteiger partial charge < -0.3 is 5.11 Å². The van der Waals surface area contributed by atoms with Crippen LogP contribution in [-0.4, -0.2) is 25.7 Å². The molecule has 2 heterocycles. The second-order valence-corrected chi connectivity index (χ2v) is 5.35. The monoisotopic (exact) mass is 279 g/mol. The van der Waals surface area contributed by atoms with Crippen molar-refractivity contribution in [1.82, 2.24) is 14.6 Å². The van der Waals surface area contributed by atoms with E-state index in [1.807, 2.05) is 6.07 Å². The molecular weight excluding hydrogens is 266 g/mol. The summed E-state index contributed by atoms with van der Waals surface area (Å²) in [6, 6.07) is 3.49. The first-order valence-electron chi connectivity index (χ1n) is 6.40. The number of carbonyl (C=O) groups is 1. The largest absolute Gasteiger partial charge is 0.481 e. The summed E-state index contributed by atoms with van der Waals surface area (Å²) in [5.41, 5.74) is 2.10. The summed E-state index contributed by atoms with van der Waals surface area (Å²) in [5, 5.41) is 13.7. The van der Waals surface area contributed by atoms with E-state index in [0.29, 0.717) is 22.4 Å². The molecule has 0 spiro atoms. The molecule has 0 amide bonds. The van der Waals surface area contributed by atoms with Crippen LogP contribution in [0.1, 0.15) is 43.0 Å². The Labute approximate surface area is 115 Å². The van der Waals surface area contributed by atoms with Gasteiger partial charge in [0.15, 0.2) is 5.65 Å². The topological polar surface area (TPSA) is 67.5 Å². The van der Waals surface area contributed by atoms with Gasteiger partial charge in [-0.2, -0.15) is 5.10 Å². The molecule has 0 saturated heterocycles. The van der Waals surface area contributed by atoms with Crippen LogP contribution in [0.2, 0.25) is 5.15 Å². The van der Waals surface area contributed by atoms with Gasteiger partial charge in [0.2, 0.25) is 0 Å². The third-order valence-electron chi connectivity index (χ3n) is 3.56. The Hall–Kier alpha value is -1.62. The number of aromatic nitrogens is 3. The smallest absolute Gasteiger partial charge is 0.309 e. The first-order chi connectivity index (χ1) is 9.13. The molecule has 0 aromatic carbocycles. The molecule has 2 aromatic heterocycles. The van der Waals surface area contributed by atoms with Crippen LogP contribution in [0.5, 0.6) is 0 Å². The van der Waals surface area contributed by atoms with E-state index < -0.39 is 5.97 Å². The number of carboxylic acid groups (broad SMARTS) is 1. The Balaban J connectivity index is 2.01. The highest BCUT2D eigenvalue weighted by atomic mass is 35.5. The molecule has 3 rings (SSSR count). The van der Waals surface area contributed by atoms with Gasteiger partial charge in [0, 0.05) is 12.0 Å². The maximum Gasteiger partial charge on any atom is 0.309 e. The van der Waals surface area contributed by atoms with Crippen LogP contribution >= 0.6 is 11.6 Å². The van der Waals surface area contributed by atoms with Gasteiger partial charge in [-0.05, 0) is 18.9 Å². The quantitative estimate of drug-likeness (QED) is 0.877. The van der Waals surface area contributed by atoms with E-state index in [-0.39, 0.29) is 6.42 Å². The number of hydrogen-bond acceptors (Lipinski definition) is 3. The molecule has 0 unspecified atom stereocenters. The van der Waals surface area contributed by atoms with Crippen LogP contribution < -0.4 is 0 Å². The van der Waals surface area contributed by atoms with E-state index in [1.54, 1.807) is 10.6 Å². The molecule has 19 heavy (non-hydrogen) atoms. The van der Waals surface area contributed by atoms with Crippen molar-refractivity contribution in [2.24, 2.45) is 0 Å². The summed E-state index contributed by atoms with van der Waals surface area (Å²) >= 11 is 6.13. The molecule has 1 N–H and O–H groups in total. The summed E-state index contributed by atoms with van der Waals surface area (Å²) in [4.78, 5) is 15.0. The lowest BCUT2D eigenvalue weighted by molar-refractivity contribution is -0.136. The van der Waals surface area contributed by atoms with Crippen molar-refractivity contribution in [3.05, 3.63) is 28.7 Å². The third-order valence-corrected chi connectivity index (χ3v) is 3.83. The van der Waals surface area contributed by atoms with Crippen molar-refractivity contribution in [1.29, 1.82) is 0 Å². The predicted molar refractivity (Wildman–Crippen MR) is 70.5 cm³/mol. The van der Waals surface area contributed by atoms with Crippen molar-refractivity contribution in [3.8, 4) is 0 Å². The molecule has 100 valence electrons. The molecule has 0 radical (unpaired) electrons. The normalized spacial score (nSPS) is 16.3. The number of rotatable bonds is 3. The van der Waals surface area contributed by atoms with Crippen molar-refractivity contribution in [3.63, 3.8) is 0 Å². The van der Waals surface area contributed by atoms with Crippen LogP contribution in [0.3, 0.4) is 0 Å². The lowest BCUT2D eigenvalue weighted by Crippen LogP contribution is -2.04. The lowest BCUT2D eigenvalue weighted by atomic mass is 10.1. The minimum absolute atomic E-state index is 0.125. The molecule has 1 saturated carbocycles. The SMILES string of the molecule is O=C(O)Cc1cc(Cl)n2nc(C3CCCC3)cc2n1. The fourth-order valence-electron chi connectivity index (χ4n) is 2.67. The number of carboxylic acids is 1. The zero-order valence-corrected chi connectivity index (χ0v) is 11.1. The summed E-state index contributed by atoms with van der Waals surface area (Å²) in [6.07, 6.45) is 4.67. The minimum atomic E-state index is -0.913. The zero-order chi connectivity index (χ0) is 13.4. The lowest BCUT2D eigenvalue weighted by Gasteiger charge is -2.02. The van der Waals surface area contributed by atoms with Gasteiger partial charge in [0.1, 0.15) is 5.15 Å². The first-order valence-corrected chi connectivity index (χ1v) is 6.78. The fourth-order valence-corrected chi connectivity index (χ4v) is 2.92. The van der Waals surface area contributed by atoms with Gasteiger partial charge in [-0.1, -0.05) is 24.4 Å². The predicted octanol–water partition coefficient (Wildman–Crippen LogP) is 2.67. The van der Waals surface area contributed by atoms with Gasteiger partial charge in [-0.15, -0.1) is 0 Å². The van der Waals surface area contributed by atoms with Gasteiger partial charge in [0.25, 0.3) is 0 Å². The highest BCUT2D eigenvalue weighted by Crippen LogP contribution is 2.33.